The van der Waals surface area contributed by atoms with Crippen molar-refractivity contribution < 1.29 is 26.3 Å². The van der Waals surface area contributed by atoms with Gasteiger partial charge >= 0.3 is 0 Å². The molecule has 140 valence electrons. The highest BCUT2D eigenvalue weighted by Crippen LogP contribution is 2.35. The molecule has 2 aromatic rings. The molecule has 1 saturated heterocycles. The van der Waals surface area contributed by atoms with Crippen LogP contribution in [0.15, 0.2) is 47.4 Å². The number of ether oxygens (including phenoxy) is 1. The lowest BCUT2D eigenvalue weighted by molar-refractivity contribution is 0.0517. The van der Waals surface area contributed by atoms with E-state index in [0.717, 1.165) is 23.8 Å². The van der Waals surface area contributed by atoms with Crippen LogP contribution in [0.3, 0.4) is 0 Å². The van der Waals surface area contributed by atoms with Crippen LogP contribution in [0.4, 0.5) is 13.2 Å². The fourth-order valence-electron chi connectivity index (χ4n) is 3.18. The van der Waals surface area contributed by atoms with Gasteiger partial charge in [-0.2, -0.15) is 0 Å². The first-order chi connectivity index (χ1) is 12.3. The van der Waals surface area contributed by atoms with Crippen LogP contribution in [0.5, 0.6) is 0 Å². The van der Waals surface area contributed by atoms with Crippen molar-refractivity contribution in [1.82, 2.24) is 4.72 Å². The van der Waals surface area contributed by atoms with Crippen LogP contribution in [0.1, 0.15) is 18.4 Å². The summed E-state index contributed by atoms with van der Waals surface area (Å²) in [6, 6.07) is 8.68. The minimum absolute atomic E-state index is 0.0713. The highest BCUT2D eigenvalue weighted by molar-refractivity contribution is 7.89. The summed E-state index contributed by atoms with van der Waals surface area (Å²) in [6.45, 7) is 0.748. The Kier molecular flexibility index (Phi) is 5.36. The van der Waals surface area contributed by atoms with E-state index in [1.54, 1.807) is 12.1 Å². The van der Waals surface area contributed by atoms with Crippen molar-refractivity contribution in [2.45, 2.75) is 23.2 Å². The summed E-state index contributed by atoms with van der Waals surface area (Å²) < 4.78 is 73.6. The molecule has 4 nitrogen and oxygen atoms in total. The number of hydrogen-bond acceptors (Lipinski definition) is 3. The first-order valence-corrected chi connectivity index (χ1v) is 9.60. The van der Waals surface area contributed by atoms with E-state index < -0.39 is 37.8 Å². The lowest BCUT2D eigenvalue weighted by atomic mass is 9.74. The molecule has 0 unspecified atom stereocenters. The van der Waals surface area contributed by atoms with Crippen molar-refractivity contribution in [2.24, 2.45) is 0 Å². The van der Waals surface area contributed by atoms with E-state index in [2.05, 4.69) is 4.72 Å². The monoisotopic (exact) mass is 385 g/mol. The van der Waals surface area contributed by atoms with Crippen molar-refractivity contribution in [1.29, 1.82) is 0 Å². The Labute approximate surface area is 150 Å². The largest absolute Gasteiger partial charge is 0.381 e. The van der Waals surface area contributed by atoms with Crippen LogP contribution in [0.2, 0.25) is 0 Å². The normalized spacial score (nSPS) is 17.2. The summed E-state index contributed by atoms with van der Waals surface area (Å²) in [5.41, 5.74) is 0.111. The molecule has 26 heavy (non-hydrogen) atoms. The zero-order valence-electron chi connectivity index (χ0n) is 13.8. The fraction of sp³-hybridized carbons (Fsp3) is 0.333. The molecule has 2 aromatic carbocycles. The molecule has 0 amide bonds. The maximum Gasteiger partial charge on any atom is 0.246 e. The summed E-state index contributed by atoms with van der Waals surface area (Å²) in [5, 5.41) is 0. The maximum absolute atomic E-state index is 13.9. The minimum Gasteiger partial charge on any atom is -0.381 e. The van der Waals surface area contributed by atoms with Gasteiger partial charge in [0.15, 0.2) is 4.90 Å². The SMILES string of the molecule is O=S(=O)(NCC1(c2ccc(F)cc2)CCOCC1)c1c(F)cccc1F. The minimum atomic E-state index is -4.39. The molecule has 0 atom stereocenters. The second-order valence-electron chi connectivity index (χ2n) is 6.27. The Morgan fingerprint density at radius 2 is 1.54 bits per heavy atom. The molecule has 1 heterocycles. The van der Waals surface area contributed by atoms with Gasteiger partial charge in [0.05, 0.1) is 0 Å². The van der Waals surface area contributed by atoms with Crippen LogP contribution >= 0.6 is 0 Å². The first kappa shape index (κ1) is 18.9. The second-order valence-corrected chi connectivity index (χ2v) is 7.98. The summed E-state index contributed by atoms with van der Waals surface area (Å²) >= 11 is 0. The van der Waals surface area contributed by atoms with Crippen LogP contribution < -0.4 is 4.72 Å². The average molecular weight is 385 g/mol. The van der Waals surface area contributed by atoms with Gasteiger partial charge < -0.3 is 4.74 Å². The van der Waals surface area contributed by atoms with Crippen LogP contribution in [0.25, 0.3) is 0 Å². The highest BCUT2D eigenvalue weighted by Gasteiger charge is 2.36. The van der Waals surface area contributed by atoms with Crippen molar-refractivity contribution >= 4 is 10.0 Å². The van der Waals surface area contributed by atoms with Gasteiger partial charge in [0, 0.05) is 25.2 Å². The number of halogens is 3. The Balaban J connectivity index is 1.90. The number of hydrogen-bond donors (Lipinski definition) is 1. The quantitative estimate of drug-likeness (QED) is 0.860. The molecule has 0 saturated carbocycles. The fourth-order valence-corrected chi connectivity index (χ4v) is 4.44. The van der Waals surface area contributed by atoms with E-state index >= 15 is 0 Å². The van der Waals surface area contributed by atoms with Gasteiger partial charge in [-0.3, -0.25) is 0 Å². The molecule has 1 N–H and O–H groups in total. The Bertz CT molecular complexity index is 859. The van der Waals surface area contributed by atoms with E-state index in [1.165, 1.54) is 12.1 Å². The Hall–Kier alpha value is -1.90. The molecule has 3 rings (SSSR count). The predicted molar refractivity (Wildman–Crippen MR) is 89.7 cm³/mol. The molecule has 0 aliphatic carbocycles. The highest BCUT2D eigenvalue weighted by atomic mass is 32.2. The van der Waals surface area contributed by atoms with Crippen molar-refractivity contribution in [2.75, 3.05) is 19.8 Å². The third-order valence-corrected chi connectivity index (χ3v) is 6.15. The summed E-state index contributed by atoms with van der Waals surface area (Å²) in [4.78, 5) is -0.999. The van der Waals surface area contributed by atoms with E-state index in [9.17, 15) is 21.6 Å². The number of benzene rings is 2. The first-order valence-electron chi connectivity index (χ1n) is 8.12. The zero-order chi connectivity index (χ0) is 18.8. The van der Waals surface area contributed by atoms with Crippen molar-refractivity contribution in [3.8, 4) is 0 Å². The third-order valence-electron chi connectivity index (χ3n) is 4.69. The molecule has 1 aliphatic rings. The smallest absolute Gasteiger partial charge is 0.246 e. The van der Waals surface area contributed by atoms with Crippen LogP contribution in [0, 0.1) is 17.5 Å². The van der Waals surface area contributed by atoms with E-state index in [4.69, 9.17) is 4.74 Å². The van der Waals surface area contributed by atoms with Crippen molar-refractivity contribution in [3.63, 3.8) is 0 Å². The van der Waals surface area contributed by atoms with E-state index in [0.29, 0.717) is 26.1 Å². The van der Waals surface area contributed by atoms with Crippen LogP contribution in [-0.2, 0) is 20.2 Å². The molecule has 0 spiro atoms. The maximum atomic E-state index is 13.9. The van der Waals surface area contributed by atoms with Crippen LogP contribution in [-0.4, -0.2) is 28.2 Å². The lowest BCUT2D eigenvalue weighted by Gasteiger charge is -2.37. The molecule has 0 radical (unpaired) electrons. The lowest BCUT2D eigenvalue weighted by Crippen LogP contribution is -2.44. The molecular formula is C18H18F3NO3S. The number of sulfonamides is 1. The van der Waals surface area contributed by atoms with E-state index in [-0.39, 0.29) is 6.54 Å². The van der Waals surface area contributed by atoms with Gasteiger partial charge in [-0.1, -0.05) is 18.2 Å². The summed E-state index contributed by atoms with van der Waals surface area (Å²) in [6.07, 6.45) is 1.00. The van der Waals surface area contributed by atoms with Gasteiger partial charge in [0.2, 0.25) is 10.0 Å². The number of rotatable bonds is 5. The molecule has 1 fully saturated rings. The van der Waals surface area contributed by atoms with Gasteiger partial charge in [-0.05, 0) is 42.7 Å². The molecule has 0 bridgehead atoms. The van der Waals surface area contributed by atoms with Gasteiger partial charge in [-0.15, -0.1) is 0 Å². The summed E-state index contributed by atoms with van der Waals surface area (Å²) in [7, 11) is -4.39. The molecule has 8 heteroatoms. The average Bonchev–Trinajstić information content (AvgIpc) is 2.61. The van der Waals surface area contributed by atoms with Gasteiger partial charge in [0.25, 0.3) is 0 Å². The zero-order valence-corrected chi connectivity index (χ0v) is 14.7. The van der Waals surface area contributed by atoms with Gasteiger partial charge in [0.1, 0.15) is 17.5 Å². The van der Waals surface area contributed by atoms with E-state index in [1.807, 2.05) is 0 Å². The second kappa shape index (κ2) is 7.38. The molecule has 1 aliphatic heterocycles. The Morgan fingerprint density at radius 3 is 2.12 bits per heavy atom. The van der Waals surface area contributed by atoms with Gasteiger partial charge in [-0.25, -0.2) is 26.3 Å². The summed E-state index contributed by atoms with van der Waals surface area (Å²) in [5.74, 6) is -2.70. The third kappa shape index (κ3) is 3.77. The Morgan fingerprint density at radius 1 is 0.962 bits per heavy atom. The predicted octanol–water partition coefficient (Wildman–Crippen LogP) is 3.13. The number of nitrogens with one attached hydrogen (secondary N) is 1. The topological polar surface area (TPSA) is 55.4 Å². The molecule has 0 aromatic heterocycles. The standard InChI is InChI=1S/C18H18F3NO3S/c19-14-6-4-13(5-7-14)18(8-10-25-11-9-18)12-22-26(23,24)17-15(20)2-1-3-16(17)21/h1-7,22H,8-12H2. The molecular weight excluding hydrogens is 367 g/mol. The van der Waals surface area contributed by atoms with Crippen molar-refractivity contribution in [3.05, 3.63) is 65.5 Å².